The summed E-state index contributed by atoms with van der Waals surface area (Å²) in [6.07, 6.45) is 4.78. The fourth-order valence-corrected chi connectivity index (χ4v) is 5.18. The molecule has 140 valence electrons. The summed E-state index contributed by atoms with van der Waals surface area (Å²) in [4.78, 5) is 14.3. The molecular weight excluding hydrogens is 344 g/mol. The maximum Gasteiger partial charge on any atom is 0.337 e. The molecule has 5 heteroatoms. The summed E-state index contributed by atoms with van der Waals surface area (Å²) in [6, 6.07) is 8.21. The number of hydrogen-bond acceptors (Lipinski definition) is 4. The van der Waals surface area contributed by atoms with Crippen LogP contribution in [0.2, 0.25) is 0 Å². The van der Waals surface area contributed by atoms with Gasteiger partial charge in [0, 0.05) is 23.3 Å². The number of aromatic carboxylic acids is 1. The maximum atomic E-state index is 12.1. The number of carboxylic acids is 1. The van der Waals surface area contributed by atoms with E-state index in [0.717, 1.165) is 54.7 Å². The first-order chi connectivity index (χ1) is 12.3. The van der Waals surface area contributed by atoms with Gasteiger partial charge < -0.3 is 5.11 Å². The lowest BCUT2D eigenvalue weighted by atomic mass is 9.76. The van der Waals surface area contributed by atoms with Gasteiger partial charge in [0.25, 0.3) is 0 Å². The summed E-state index contributed by atoms with van der Waals surface area (Å²) < 4.78 is 0. The van der Waals surface area contributed by atoms with Gasteiger partial charge in [-0.3, -0.25) is 10.9 Å². The van der Waals surface area contributed by atoms with Crippen molar-refractivity contribution in [2.45, 2.75) is 46.0 Å². The van der Waals surface area contributed by atoms with Crippen LogP contribution >= 0.6 is 11.3 Å². The van der Waals surface area contributed by atoms with Crippen LogP contribution in [-0.4, -0.2) is 29.7 Å². The number of hydrazine groups is 1. The Balaban J connectivity index is 2.03. The van der Waals surface area contributed by atoms with Gasteiger partial charge in [-0.1, -0.05) is 38.1 Å². The highest BCUT2D eigenvalue weighted by Crippen LogP contribution is 2.45. The number of fused-ring (bicyclic) bond motifs is 1. The molecule has 3 rings (SSSR count). The molecule has 1 aromatic carbocycles. The Morgan fingerprint density at radius 1 is 1.35 bits per heavy atom. The average Bonchev–Trinajstić information content (AvgIpc) is 2.92. The Bertz CT molecular complexity index is 808. The van der Waals surface area contributed by atoms with Gasteiger partial charge in [-0.2, -0.15) is 0 Å². The van der Waals surface area contributed by atoms with Crippen molar-refractivity contribution in [1.29, 1.82) is 0 Å². The van der Waals surface area contributed by atoms with E-state index in [9.17, 15) is 9.90 Å². The molecule has 0 bridgehead atoms. The molecule has 0 fully saturated rings. The number of nitrogens with two attached hydrogens (primary N) is 1. The minimum absolute atomic E-state index is 0.167. The number of carbonyl (C=O) groups is 1. The van der Waals surface area contributed by atoms with E-state index in [0.29, 0.717) is 5.56 Å². The summed E-state index contributed by atoms with van der Waals surface area (Å²) in [5.74, 6) is 4.92. The van der Waals surface area contributed by atoms with Gasteiger partial charge in [-0.25, -0.2) is 4.79 Å². The summed E-state index contributed by atoms with van der Waals surface area (Å²) in [6.45, 7) is 5.28. The molecule has 1 aromatic heterocycles. The molecule has 0 saturated heterocycles. The fourth-order valence-electron chi connectivity index (χ4n) is 3.81. The molecule has 0 radical (unpaired) electrons. The quantitative estimate of drug-likeness (QED) is 0.584. The lowest BCUT2D eigenvalue weighted by Gasteiger charge is -2.29. The van der Waals surface area contributed by atoms with Gasteiger partial charge in [-0.15, -0.1) is 11.3 Å². The number of nitrogens with zero attached hydrogens (tertiary/aromatic N) is 1. The van der Waals surface area contributed by atoms with E-state index in [1.54, 1.807) is 16.3 Å². The molecule has 1 aliphatic rings. The Morgan fingerprint density at radius 3 is 2.77 bits per heavy atom. The fraction of sp³-hybridized carbons (Fsp3) is 0.476. The standard InChI is InChI=1S/C21H28N2O2S/c1-21(2)11-10-17-16(13-21)18(20(24)25)19(26-17)15-9-5-4-7-14(15)8-6-12-23(3)22/h4-5,7,9H,6,8,10-13,22H2,1-3H3,(H,24,25). The van der Waals surface area contributed by atoms with Crippen molar-refractivity contribution in [3.8, 4) is 10.4 Å². The van der Waals surface area contributed by atoms with Gasteiger partial charge in [0.1, 0.15) is 0 Å². The van der Waals surface area contributed by atoms with Crippen LogP contribution in [-0.2, 0) is 19.3 Å². The second-order valence-electron chi connectivity index (χ2n) is 8.10. The third kappa shape index (κ3) is 4.00. The van der Waals surface area contributed by atoms with E-state index < -0.39 is 5.97 Å². The highest BCUT2D eigenvalue weighted by atomic mass is 32.1. The monoisotopic (exact) mass is 372 g/mol. The molecule has 0 unspecified atom stereocenters. The molecule has 0 amide bonds. The molecule has 0 spiro atoms. The Kier molecular flexibility index (Phi) is 5.51. The number of hydrogen-bond donors (Lipinski definition) is 2. The molecule has 26 heavy (non-hydrogen) atoms. The van der Waals surface area contributed by atoms with Crippen LogP contribution in [0.15, 0.2) is 24.3 Å². The SMILES string of the molecule is CN(N)CCCc1ccccc1-c1sc2c(c1C(=O)O)CC(C)(C)CC2. The van der Waals surface area contributed by atoms with Crippen molar-refractivity contribution in [3.63, 3.8) is 0 Å². The van der Waals surface area contributed by atoms with Crippen LogP contribution in [0.5, 0.6) is 0 Å². The maximum absolute atomic E-state index is 12.1. The van der Waals surface area contributed by atoms with Crippen LogP contribution in [0.1, 0.15) is 53.1 Å². The van der Waals surface area contributed by atoms with Crippen LogP contribution in [0.3, 0.4) is 0 Å². The van der Waals surface area contributed by atoms with Crippen molar-refractivity contribution in [3.05, 3.63) is 45.8 Å². The lowest BCUT2D eigenvalue weighted by molar-refractivity contribution is 0.0696. The third-order valence-electron chi connectivity index (χ3n) is 5.21. The van der Waals surface area contributed by atoms with Crippen molar-refractivity contribution in [2.24, 2.45) is 11.3 Å². The molecule has 4 nitrogen and oxygen atoms in total. The topological polar surface area (TPSA) is 66.6 Å². The van der Waals surface area contributed by atoms with Crippen molar-refractivity contribution in [2.75, 3.05) is 13.6 Å². The minimum Gasteiger partial charge on any atom is -0.478 e. The second kappa shape index (κ2) is 7.51. The number of benzene rings is 1. The highest BCUT2D eigenvalue weighted by Gasteiger charge is 2.33. The van der Waals surface area contributed by atoms with Gasteiger partial charge in [0.2, 0.25) is 0 Å². The second-order valence-corrected chi connectivity index (χ2v) is 9.20. The highest BCUT2D eigenvalue weighted by molar-refractivity contribution is 7.16. The summed E-state index contributed by atoms with van der Waals surface area (Å²) >= 11 is 1.68. The van der Waals surface area contributed by atoms with Crippen LogP contribution < -0.4 is 5.84 Å². The van der Waals surface area contributed by atoms with E-state index in [1.807, 2.05) is 19.2 Å². The van der Waals surface area contributed by atoms with E-state index in [-0.39, 0.29) is 5.41 Å². The first kappa shape index (κ1) is 19.1. The zero-order chi connectivity index (χ0) is 18.9. The number of carboxylic acid groups (broad SMARTS) is 1. The summed E-state index contributed by atoms with van der Waals surface area (Å²) in [7, 11) is 1.86. The first-order valence-electron chi connectivity index (χ1n) is 9.20. The molecule has 1 aliphatic carbocycles. The molecule has 0 aliphatic heterocycles. The predicted molar refractivity (Wildman–Crippen MR) is 108 cm³/mol. The normalized spacial score (nSPS) is 15.9. The van der Waals surface area contributed by atoms with Gasteiger partial charge >= 0.3 is 5.97 Å². The van der Waals surface area contributed by atoms with E-state index >= 15 is 0 Å². The largest absolute Gasteiger partial charge is 0.478 e. The van der Waals surface area contributed by atoms with Crippen molar-refractivity contribution >= 4 is 17.3 Å². The Labute approximate surface area is 159 Å². The summed E-state index contributed by atoms with van der Waals surface area (Å²) in [5, 5.41) is 11.7. The van der Waals surface area contributed by atoms with Crippen LogP contribution in [0.4, 0.5) is 0 Å². The van der Waals surface area contributed by atoms with Crippen molar-refractivity contribution in [1.82, 2.24) is 5.01 Å². The average molecular weight is 373 g/mol. The van der Waals surface area contributed by atoms with Crippen molar-refractivity contribution < 1.29 is 9.90 Å². The zero-order valence-corrected chi connectivity index (χ0v) is 16.7. The molecule has 1 heterocycles. The van der Waals surface area contributed by atoms with Gasteiger partial charge in [0.15, 0.2) is 0 Å². The number of rotatable bonds is 6. The van der Waals surface area contributed by atoms with E-state index in [2.05, 4.69) is 26.0 Å². The lowest BCUT2D eigenvalue weighted by Crippen LogP contribution is -2.27. The number of aryl methyl sites for hydroxylation is 2. The van der Waals surface area contributed by atoms with Crippen LogP contribution in [0, 0.1) is 5.41 Å². The van der Waals surface area contributed by atoms with E-state index in [4.69, 9.17) is 5.84 Å². The van der Waals surface area contributed by atoms with E-state index in [1.165, 1.54) is 10.4 Å². The molecular formula is C21H28N2O2S. The molecule has 2 aromatic rings. The number of thiophene rings is 1. The minimum atomic E-state index is -0.799. The van der Waals surface area contributed by atoms with Gasteiger partial charge in [0.05, 0.1) is 5.56 Å². The smallest absolute Gasteiger partial charge is 0.337 e. The Morgan fingerprint density at radius 2 is 2.08 bits per heavy atom. The molecule has 0 atom stereocenters. The summed E-state index contributed by atoms with van der Waals surface area (Å²) in [5.41, 5.74) is 4.03. The molecule has 3 N–H and O–H groups in total. The molecule has 0 saturated carbocycles. The van der Waals surface area contributed by atoms with Gasteiger partial charge in [-0.05, 0) is 54.2 Å². The Hall–Kier alpha value is -1.69. The zero-order valence-electron chi connectivity index (χ0n) is 15.8. The van der Waals surface area contributed by atoms with Crippen LogP contribution in [0.25, 0.3) is 10.4 Å². The predicted octanol–water partition coefficient (Wildman–Crippen LogP) is 4.37. The third-order valence-corrected chi connectivity index (χ3v) is 6.53. The first-order valence-corrected chi connectivity index (χ1v) is 10.0.